The molecule has 0 spiro atoms. The van der Waals surface area contributed by atoms with Crippen molar-refractivity contribution in [3.8, 4) is 0 Å². The van der Waals surface area contributed by atoms with Crippen LogP contribution < -0.4 is 10.6 Å². The molecule has 4 heteroatoms. The van der Waals surface area contributed by atoms with Crippen molar-refractivity contribution in [2.24, 2.45) is 5.73 Å². The lowest BCUT2D eigenvalue weighted by molar-refractivity contribution is 0.480. The predicted molar refractivity (Wildman–Crippen MR) is 83.9 cm³/mol. The second kappa shape index (κ2) is 6.76. The maximum atomic E-state index is 14.2. The normalized spacial score (nSPS) is 12.4. The van der Waals surface area contributed by atoms with Crippen LogP contribution in [0.5, 0.6) is 0 Å². The van der Waals surface area contributed by atoms with Gasteiger partial charge in [0.1, 0.15) is 17.3 Å². The van der Waals surface area contributed by atoms with Gasteiger partial charge >= 0.3 is 0 Å². The minimum absolute atomic E-state index is 0.0825. The van der Waals surface area contributed by atoms with Gasteiger partial charge in [-0.3, -0.25) is 0 Å². The summed E-state index contributed by atoms with van der Waals surface area (Å²) in [7, 11) is 1.85. The Morgan fingerprint density at radius 2 is 2.05 bits per heavy atom. The number of furan rings is 1. The Balaban J connectivity index is 2.09. The van der Waals surface area contributed by atoms with Gasteiger partial charge in [0, 0.05) is 13.1 Å². The summed E-state index contributed by atoms with van der Waals surface area (Å²) >= 11 is 0. The standard InChI is InChI=1S/C17H23FN2O/c1-4-14(19)9-13-6-8-17(16(18)10-13)20(3)11-15-7-5-12(2)21-15/h5-8,10,14H,4,9,11,19H2,1-3H3. The summed E-state index contributed by atoms with van der Waals surface area (Å²) in [6.07, 6.45) is 1.59. The molecule has 0 saturated carbocycles. The fraction of sp³-hybridized carbons (Fsp3) is 0.412. The van der Waals surface area contributed by atoms with E-state index in [0.717, 1.165) is 23.5 Å². The van der Waals surface area contributed by atoms with Crippen molar-refractivity contribution >= 4 is 5.69 Å². The highest BCUT2D eigenvalue weighted by Gasteiger charge is 2.11. The van der Waals surface area contributed by atoms with E-state index in [9.17, 15) is 4.39 Å². The van der Waals surface area contributed by atoms with E-state index in [1.807, 2.05) is 50.1 Å². The van der Waals surface area contributed by atoms with E-state index in [-0.39, 0.29) is 11.9 Å². The largest absolute Gasteiger partial charge is 0.464 e. The lowest BCUT2D eigenvalue weighted by Gasteiger charge is -2.19. The molecule has 0 aliphatic carbocycles. The van der Waals surface area contributed by atoms with Gasteiger partial charge in [0.25, 0.3) is 0 Å². The maximum absolute atomic E-state index is 14.2. The molecule has 1 heterocycles. The van der Waals surface area contributed by atoms with Crippen LogP contribution in [0.1, 0.15) is 30.4 Å². The summed E-state index contributed by atoms with van der Waals surface area (Å²) < 4.78 is 19.8. The number of rotatable bonds is 6. The third-order valence-electron chi connectivity index (χ3n) is 3.63. The van der Waals surface area contributed by atoms with Gasteiger partial charge in [-0.05, 0) is 49.6 Å². The smallest absolute Gasteiger partial charge is 0.146 e. The molecule has 1 aromatic heterocycles. The average molecular weight is 290 g/mol. The van der Waals surface area contributed by atoms with E-state index in [2.05, 4.69) is 0 Å². The summed E-state index contributed by atoms with van der Waals surface area (Å²) in [5.74, 6) is 1.47. The Morgan fingerprint density at radius 3 is 2.62 bits per heavy atom. The molecule has 0 aliphatic heterocycles. The highest BCUT2D eigenvalue weighted by Crippen LogP contribution is 2.22. The molecule has 2 N–H and O–H groups in total. The van der Waals surface area contributed by atoms with E-state index in [1.165, 1.54) is 0 Å². The van der Waals surface area contributed by atoms with Gasteiger partial charge in [-0.15, -0.1) is 0 Å². The molecular formula is C17H23FN2O. The van der Waals surface area contributed by atoms with Crippen molar-refractivity contribution < 1.29 is 8.81 Å². The van der Waals surface area contributed by atoms with Crippen LogP contribution in [0.2, 0.25) is 0 Å². The summed E-state index contributed by atoms with van der Waals surface area (Å²) in [4.78, 5) is 1.84. The fourth-order valence-electron chi connectivity index (χ4n) is 2.32. The molecule has 0 bridgehead atoms. The maximum Gasteiger partial charge on any atom is 0.146 e. The Hall–Kier alpha value is -1.81. The first-order valence-electron chi connectivity index (χ1n) is 7.30. The predicted octanol–water partition coefficient (Wildman–Crippen LogP) is 3.64. The molecule has 114 valence electrons. The monoisotopic (exact) mass is 290 g/mol. The molecule has 21 heavy (non-hydrogen) atoms. The number of hydrogen-bond acceptors (Lipinski definition) is 3. The highest BCUT2D eigenvalue weighted by atomic mass is 19.1. The number of halogens is 1. The average Bonchev–Trinajstić information content (AvgIpc) is 2.83. The van der Waals surface area contributed by atoms with Crippen LogP contribution in [-0.4, -0.2) is 13.1 Å². The van der Waals surface area contributed by atoms with Crippen molar-refractivity contribution in [1.29, 1.82) is 0 Å². The molecule has 0 saturated heterocycles. The molecule has 0 fully saturated rings. The number of hydrogen-bond donors (Lipinski definition) is 1. The number of aryl methyl sites for hydroxylation is 1. The molecule has 1 atom stereocenters. The summed E-state index contributed by atoms with van der Waals surface area (Å²) in [5, 5.41) is 0. The van der Waals surface area contributed by atoms with Crippen LogP contribution >= 0.6 is 0 Å². The molecule has 3 nitrogen and oxygen atoms in total. The summed E-state index contributed by atoms with van der Waals surface area (Å²) in [5.41, 5.74) is 7.42. The Kier molecular flexibility index (Phi) is 5.02. The first-order valence-corrected chi connectivity index (χ1v) is 7.30. The lowest BCUT2D eigenvalue weighted by Crippen LogP contribution is -2.22. The number of anilines is 1. The van der Waals surface area contributed by atoms with E-state index < -0.39 is 0 Å². The van der Waals surface area contributed by atoms with Gasteiger partial charge in [-0.25, -0.2) is 4.39 Å². The van der Waals surface area contributed by atoms with Gasteiger partial charge in [-0.1, -0.05) is 13.0 Å². The zero-order chi connectivity index (χ0) is 15.4. The Labute approximate surface area is 125 Å². The van der Waals surface area contributed by atoms with E-state index in [4.69, 9.17) is 10.2 Å². The van der Waals surface area contributed by atoms with E-state index in [0.29, 0.717) is 18.7 Å². The minimum Gasteiger partial charge on any atom is -0.464 e. The fourth-order valence-corrected chi connectivity index (χ4v) is 2.32. The summed E-state index contributed by atoms with van der Waals surface area (Å²) in [6.45, 7) is 4.48. The second-order valence-electron chi connectivity index (χ2n) is 5.53. The Morgan fingerprint density at radius 1 is 1.29 bits per heavy atom. The van der Waals surface area contributed by atoms with E-state index >= 15 is 0 Å². The SMILES string of the molecule is CCC(N)Cc1ccc(N(C)Cc2ccc(C)o2)c(F)c1. The number of nitrogens with zero attached hydrogens (tertiary/aromatic N) is 1. The minimum atomic E-state index is -0.221. The second-order valence-corrected chi connectivity index (χ2v) is 5.53. The van der Waals surface area contributed by atoms with Gasteiger partial charge in [0.05, 0.1) is 12.2 Å². The van der Waals surface area contributed by atoms with Crippen molar-refractivity contribution in [2.45, 2.75) is 39.3 Å². The molecule has 1 unspecified atom stereocenters. The molecule has 0 radical (unpaired) electrons. The third kappa shape index (κ3) is 4.08. The quantitative estimate of drug-likeness (QED) is 0.883. The van der Waals surface area contributed by atoms with E-state index in [1.54, 1.807) is 6.07 Å². The van der Waals surface area contributed by atoms with Gasteiger partial charge in [0.15, 0.2) is 0 Å². The molecule has 0 amide bonds. The first kappa shape index (κ1) is 15.6. The van der Waals surface area contributed by atoms with Crippen molar-refractivity contribution in [3.05, 3.63) is 53.2 Å². The highest BCUT2D eigenvalue weighted by molar-refractivity contribution is 5.48. The van der Waals surface area contributed by atoms with Crippen molar-refractivity contribution in [3.63, 3.8) is 0 Å². The van der Waals surface area contributed by atoms with Gasteiger partial charge in [-0.2, -0.15) is 0 Å². The van der Waals surface area contributed by atoms with Crippen LogP contribution in [0.15, 0.2) is 34.7 Å². The molecule has 0 aliphatic rings. The zero-order valence-electron chi connectivity index (χ0n) is 12.9. The van der Waals surface area contributed by atoms with Crippen LogP contribution in [-0.2, 0) is 13.0 Å². The molecule has 2 aromatic rings. The molecule has 1 aromatic carbocycles. The zero-order valence-corrected chi connectivity index (χ0v) is 12.9. The lowest BCUT2D eigenvalue weighted by atomic mass is 10.0. The van der Waals surface area contributed by atoms with Crippen molar-refractivity contribution in [2.75, 3.05) is 11.9 Å². The van der Waals surface area contributed by atoms with Gasteiger partial charge in [0.2, 0.25) is 0 Å². The topological polar surface area (TPSA) is 42.4 Å². The van der Waals surface area contributed by atoms with Crippen molar-refractivity contribution in [1.82, 2.24) is 0 Å². The van der Waals surface area contributed by atoms with Crippen LogP contribution in [0.3, 0.4) is 0 Å². The first-order chi connectivity index (χ1) is 9.99. The summed E-state index contributed by atoms with van der Waals surface area (Å²) in [6, 6.07) is 9.24. The molecular weight excluding hydrogens is 267 g/mol. The van der Waals surface area contributed by atoms with Crippen LogP contribution in [0.4, 0.5) is 10.1 Å². The number of nitrogens with two attached hydrogens (primary N) is 1. The van der Waals surface area contributed by atoms with Crippen LogP contribution in [0, 0.1) is 12.7 Å². The van der Waals surface area contributed by atoms with Gasteiger partial charge < -0.3 is 15.1 Å². The number of benzene rings is 1. The Bertz CT molecular complexity index is 594. The molecule has 2 rings (SSSR count). The van der Waals surface area contributed by atoms with Crippen LogP contribution in [0.25, 0.3) is 0 Å². The third-order valence-corrected chi connectivity index (χ3v) is 3.63.